The molecule has 0 aliphatic heterocycles. The van der Waals surface area contributed by atoms with E-state index in [1.54, 1.807) is 6.92 Å². The van der Waals surface area contributed by atoms with Gasteiger partial charge in [0, 0.05) is 6.20 Å². The van der Waals surface area contributed by atoms with E-state index in [-0.39, 0.29) is 18.1 Å². The van der Waals surface area contributed by atoms with Crippen molar-refractivity contribution in [1.82, 2.24) is 19.6 Å². The molecular weight excluding hydrogens is 254 g/mol. The molecule has 100 valence electrons. The van der Waals surface area contributed by atoms with Gasteiger partial charge >= 0.3 is 5.69 Å². The fraction of sp³-hybridized carbons (Fsp3) is 0.300. The summed E-state index contributed by atoms with van der Waals surface area (Å²) in [5.74, 6) is -1.38. The van der Waals surface area contributed by atoms with Crippen molar-refractivity contribution in [3.63, 3.8) is 0 Å². The van der Waals surface area contributed by atoms with Gasteiger partial charge in [0.15, 0.2) is 0 Å². The minimum Gasteiger partial charge on any atom is -0.543 e. The Balaban J connectivity index is 2.31. The Labute approximate surface area is 107 Å². The number of aromatic nitrogens is 4. The van der Waals surface area contributed by atoms with E-state index in [0.717, 1.165) is 0 Å². The molecule has 9 heteroatoms. The highest BCUT2D eigenvalue weighted by molar-refractivity contribution is 5.83. The average Bonchev–Trinajstić information content (AvgIpc) is 2.85. The van der Waals surface area contributed by atoms with Crippen LogP contribution in [-0.2, 0) is 6.67 Å². The molecule has 0 bridgehead atoms. The number of aromatic carboxylic acids is 1. The molecule has 19 heavy (non-hydrogen) atoms. The van der Waals surface area contributed by atoms with Crippen molar-refractivity contribution in [1.29, 1.82) is 0 Å². The molecular formula is C10H10N5O4-. The van der Waals surface area contributed by atoms with Crippen LogP contribution in [0, 0.1) is 24.0 Å². The van der Waals surface area contributed by atoms with E-state index in [4.69, 9.17) is 0 Å². The van der Waals surface area contributed by atoms with Crippen LogP contribution in [0.2, 0.25) is 0 Å². The number of carboxylic acids is 1. The summed E-state index contributed by atoms with van der Waals surface area (Å²) in [4.78, 5) is 20.9. The molecule has 2 aromatic rings. The van der Waals surface area contributed by atoms with Crippen LogP contribution in [-0.4, -0.2) is 30.5 Å². The second-order valence-corrected chi connectivity index (χ2v) is 3.95. The minimum absolute atomic E-state index is 0.0488. The molecule has 2 rings (SSSR count). The number of nitrogens with zero attached hydrogens (tertiary/aromatic N) is 5. The number of carbonyl (C=O) groups is 1. The minimum atomic E-state index is -1.38. The molecule has 0 atom stereocenters. The van der Waals surface area contributed by atoms with Gasteiger partial charge in [0.2, 0.25) is 0 Å². The Bertz CT molecular complexity index is 657. The number of nitro groups is 1. The van der Waals surface area contributed by atoms with Crippen molar-refractivity contribution >= 4 is 11.7 Å². The Morgan fingerprint density at radius 3 is 2.58 bits per heavy atom. The van der Waals surface area contributed by atoms with Gasteiger partial charge in [-0.2, -0.15) is 10.2 Å². The zero-order valence-corrected chi connectivity index (χ0v) is 10.2. The highest BCUT2D eigenvalue weighted by Crippen LogP contribution is 2.21. The molecule has 0 aliphatic rings. The summed E-state index contributed by atoms with van der Waals surface area (Å²) in [6.45, 7) is 3.20. The molecule has 0 saturated heterocycles. The zero-order valence-electron chi connectivity index (χ0n) is 10.2. The Hall–Kier alpha value is -2.71. The fourth-order valence-corrected chi connectivity index (χ4v) is 1.78. The molecule has 0 amide bonds. The first-order chi connectivity index (χ1) is 8.90. The largest absolute Gasteiger partial charge is 0.543 e. The predicted octanol–water partition coefficient (Wildman–Crippen LogP) is -0.526. The van der Waals surface area contributed by atoms with Crippen molar-refractivity contribution in [3.8, 4) is 0 Å². The molecule has 0 aliphatic carbocycles. The molecule has 2 heterocycles. The van der Waals surface area contributed by atoms with E-state index in [0.29, 0.717) is 11.4 Å². The third-order valence-electron chi connectivity index (χ3n) is 2.65. The molecule has 0 spiro atoms. The lowest BCUT2D eigenvalue weighted by molar-refractivity contribution is -0.386. The van der Waals surface area contributed by atoms with E-state index >= 15 is 0 Å². The standard InChI is InChI=1S/C10H11N5O4/c1-6-9(15(18)19)7(2)14(11-6)5-13-4-3-8(12-13)10(16)17/h3-4H,5H2,1-2H3,(H,16,17)/p-1. The van der Waals surface area contributed by atoms with E-state index in [9.17, 15) is 20.0 Å². The van der Waals surface area contributed by atoms with Gasteiger partial charge in [-0.25, -0.2) is 4.68 Å². The summed E-state index contributed by atoms with van der Waals surface area (Å²) in [6, 6.07) is 1.29. The summed E-state index contributed by atoms with van der Waals surface area (Å²) in [5.41, 5.74) is 0.436. The number of aryl methyl sites for hydroxylation is 1. The van der Waals surface area contributed by atoms with Gasteiger partial charge in [0.1, 0.15) is 23.8 Å². The summed E-state index contributed by atoms with van der Waals surface area (Å²) in [6.07, 6.45) is 1.44. The van der Waals surface area contributed by atoms with Gasteiger partial charge < -0.3 is 9.90 Å². The Morgan fingerprint density at radius 2 is 2.11 bits per heavy atom. The number of rotatable bonds is 4. The van der Waals surface area contributed by atoms with E-state index in [2.05, 4.69) is 10.2 Å². The van der Waals surface area contributed by atoms with Crippen molar-refractivity contribution in [2.75, 3.05) is 0 Å². The second-order valence-electron chi connectivity index (χ2n) is 3.95. The quantitative estimate of drug-likeness (QED) is 0.541. The van der Waals surface area contributed by atoms with Crippen LogP contribution in [0.15, 0.2) is 12.3 Å². The lowest BCUT2D eigenvalue weighted by Crippen LogP contribution is -2.23. The molecule has 2 aromatic heterocycles. The van der Waals surface area contributed by atoms with Crippen molar-refractivity contribution in [3.05, 3.63) is 39.5 Å². The van der Waals surface area contributed by atoms with Crippen LogP contribution >= 0.6 is 0 Å². The Morgan fingerprint density at radius 1 is 1.42 bits per heavy atom. The summed E-state index contributed by atoms with van der Waals surface area (Å²) in [5, 5.41) is 29.2. The van der Waals surface area contributed by atoms with Crippen LogP contribution in [0.4, 0.5) is 5.69 Å². The lowest BCUT2D eigenvalue weighted by Gasteiger charge is -2.03. The highest BCUT2D eigenvalue weighted by atomic mass is 16.6. The van der Waals surface area contributed by atoms with Crippen LogP contribution < -0.4 is 5.11 Å². The summed E-state index contributed by atoms with van der Waals surface area (Å²) < 4.78 is 2.70. The number of carbonyl (C=O) groups excluding carboxylic acids is 1. The van der Waals surface area contributed by atoms with Crippen molar-refractivity contribution in [2.24, 2.45) is 0 Å². The summed E-state index contributed by atoms with van der Waals surface area (Å²) >= 11 is 0. The number of carboxylic acid groups (broad SMARTS) is 1. The second kappa shape index (κ2) is 4.52. The maximum atomic E-state index is 10.8. The molecule has 0 radical (unpaired) electrons. The predicted molar refractivity (Wildman–Crippen MR) is 60.3 cm³/mol. The van der Waals surface area contributed by atoms with Crippen LogP contribution in [0.25, 0.3) is 0 Å². The zero-order chi connectivity index (χ0) is 14.2. The molecule has 0 N–H and O–H groups in total. The smallest absolute Gasteiger partial charge is 0.312 e. The first-order valence-corrected chi connectivity index (χ1v) is 5.33. The van der Waals surface area contributed by atoms with Crippen molar-refractivity contribution < 1.29 is 14.8 Å². The van der Waals surface area contributed by atoms with Gasteiger partial charge in [-0.05, 0) is 19.9 Å². The number of hydrogen-bond donors (Lipinski definition) is 0. The Kier molecular flexibility index (Phi) is 3.03. The lowest BCUT2D eigenvalue weighted by atomic mass is 10.3. The summed E-state index contributed by atoms with van der Waals surface area (Å²) in [7, 11) is 0. The SMILES string of the molecule is Cc1nn(Cn2ccc(C(=O)[O-])n2)c(C)c1[N+](=O)[O-]. The topological polar surface area (TPSA) is 119 Å². The van der Waals surface area contributed by atoms with Gasteiger partial charge in [-0.1, -0.05) is 0 Å². The van der Waals surface area contributed by atoms with Crippen molar-refractivity contribution in [2.45, 2.75) is 20.5 Å². The van der Waals surface area contributed by atoms with Gasteiger partial charge in [-0.3, -0.25) is 14.8 Å². The van der Waals surface area contributed by atoms with Gasteiger partial charge in [-0.15, -0.1) is 0 Å². The normalized spacial score (nSPS) is 10.6. The molecule has 0 fully saturated rings. The molecule has 9 nitrogen and oxygen atoms in total. The van der Waals surface area contributed by atoms with Crippen LogP contribution in [0.5, 0.6) is 0 Å². The third-order valence-corrected chi connectivity index (χ3v) is 2.65. The highest BCUT2D eigenvalue weighted by Gasteiger charge is 2.21. The van der Waals surface area contributed by atoms with E-state index < -0.39 is 10.9 Å². The fourth-order valence-electron chi connectivity index (χ4n) is 1.78. The monoisotopic (exact) mass is 264 g/mol. The number of hydrogen-bond acceptors (Lipinski definition) is 6. The third kappa shape index (κ3) is 2.30. The maximum absolute atomic E-state index is 10.8. The first kappa shape index (κ1) is 12.7. The van der Waals surface area contributed by atoms with Gasteiger partial charge in [0.05, 0.1) is 10.9 Å². The first-order valence-electron chi connectivity index (χ1n) is 5.33. The van der Waals surface area contributed by atoms with Crippen LogP contribution in [0.1, 0.15) is 21.9 Å². The molecule has 0 saturated carbocycles. The van der Waals surface area contributed by atoms with E-state index in [1.165, 1.54) is 28.6 Å². The molecule has 0 aromatic carbocycles. The van der Waals surface area contributed by atoms with Gasteiger partial charge in [0.25, 0.3) is 0 Å². The van der Waals surface area contributed by atoms with E-state index in [1.807, 2.05) is 0 Å². The molecule has 0 unspecified atom stereocenters. The maximum Gasteiger partial charge on any atom is 0.312 e. The van der Waals surface area contributed by atoms with Crippen LogP contribution in [0.3, 0.4) is 0 Å². The average molecular weight is 264 g/mol.